The number of halogens is 7. The lowest BCUT2D eigenvalue weighted by Crippen LogP contribution is -2.56. The molecule has 0 aliphatic heterocycles. The van der Waals surface area contributed by atoms with E-state index in [0.717, 1.165) is 0 Å². The molecule has 0 saturated heterocycles. The van der Waals surface area contributed by atoms with Gasteiger partial charge in [0.1, 0.15) is 5.57 Å². The normalized spacial score (nSPS) is 13.7. The van der Waals surface area contributed by atoms with Gasteiger partial charge in [-0.2, -0.15) is 26.3 Å². The van der Waals surface area contributed by atoms with Crippen molar-refractivity contribution in [3.8, 4) is 0 Å². The number of carboxylic acid groups (broad SMARTS) is 1. The van der Waals surface area contributed by atoms with Crippen molar-refractivity contribution < 1.29 is 40.6 Å². The smallest absolute Gasteiger partial charge is 0.379 e. The van der Waals surface area contributed by atoms with Gasteiger partial charge in [0.05, 0.1) is 0 Å². The molecule has 0 unspecified atom stereocenters. The maximum Gasteiger partial charge on any atom is 0.379 e. The molecule has 0 aliphatic carbocycles. The summed E-state index contributed by atoms with van der Waals surface area (Å²) < 4.78 is 86.3. The van der Waals surface area contributed by atoms with Gasteiger partial charge in [0.2, 0.25) is 0 Å². The first kappa shape index (κ1) is 14.7. The molecule has 0 fully saturated rings. The average molecular weight is 254 g/mol. The van der Waals surface area contributed by atoms with Crippen LogP contribution < -0.4 is 0 Å². The van der Waals surface area contributed by atoms with Gasteiger partial charge in [-0.25, -0.2) is 9.18 Å². The first-order chi connectivity index (χ1) is 6.91. The average Bonchev–Trinajstić information content (AvgIpc) is 2.15. The Bertz CT molecular complexity index is 310. The third kappa shape index (κ3) is 1.98. The Hall–Kier alpha value is -1.28. The maximum absolute atomic E-state index is 12.7. The van der Waals surface area contributed by atoms with Crippen LogP contribution in [0.25, 0.3) is 0 Å². The standard InChI is InChI=1S/C7H5F7O2/c1-3(4(15)16)6(11,12)7(13,14)5(9,10)2-8/h1-2H2,(H,15,16). The van der Waals surface area contributed by atoms with E-state index in [4.69, 9.17) is 5.11 Å². The summed E-state index contributed by atoms with van der Waals surface area (Å²) in [5, 5.41) is 7.97. The van der Waals surface area contributed by atoms with E-state index in [9.17, 15) is 35.5 Å². The highest BCUT2D eigenvalue weighted by molar-refractivity contribution is 5.88. The molecule has 9 heteroatoms. The highest BCUT2D eigenvalue weighted by atomic mass is 19.3. The van der Waals surface area contributed by atoms with E-state index in [1.165, 1.54) is 0 Å². The first-order valence-electron chi connectivity index (χ1n) is 3.54. The maximum atomic E-state index is 12.7. The lowest BCUT2D eigenvalue weighted by atomic mass is 9.99. The fourth-order valence-corrected chi connectivity index (χ4v) is 0.637. The molecule has 0 saturated carbocycles. The van der Waals surface area contributed by atoms with E-state index >= 15 is 0 Å². The summed E-state index contributed by atoms with van der Waals surface area (Å²) >= 11 is 0. The SMILES string of the molecule is C=C(C(=O)O)C(F)(F)C(F)(F)C(F)(F)CF. The van der Waals surface area contributed by atoms with Crippen molar-refractivity contribution in [1.82, 2.24) is 0 Å². The van der Waals surface area contributed by atoms with Crippen LogP contribution in [0.4, 0.5) is 30.7 Å². The Morgan fingerprint density at radius 3 is 1.75 bits per heavy atom. The van der Waals surface area contributed by atoms with Crippen LogP contribution in [0.5, 0.6) is 0 Å². The van der Waals surface area contributed by atoms with Crippen LogP contribution in [0.1, 0.15) is 0 Å². The molecule has 0 amide bonds. The quantitative estimate of drug-likeness (QED) is 0.604. The topological polar surface area (TPSA) is 37.3 Å². The second-order valence-corrected chi connectivity index (χ2v) is 2.77. The summed E-state index contributed by atoms with van der Waals surface area (Å²) in [5.41, 5.74) is -2.44. The van der Waals surface area contributed by atoms with Crippen LogP contribution in [-0.2, 0) is 4.79 Å². The number of carbonyl (C=O) groups is 1. The van der Waals surface area contributed by atoms with E-state index in [-0.39, 0.29) is 0 Å². The molecule has 2 nitrogen and oxygen atoms in total. The fourth-order valence-electron chi connectivity index (χ4n) is 0.637. The molecule has 0 bridgehead atoms. The van der Waals surface area contributed by atoms with Crippen molar-refractivity contribution in [1.29, 1.82) is 0 Å². The van der Waals surface area contributed by atoms with Crippen LogP contribution in [0, 0.1) is 0 Å². The van der Waals surface area contributed by atoms with Crippen molar-refractivity contribution >= 4 is 5.97 Å². The summed E-state index contributed by atoms with van der Waals surface area (Å²) in [6.07, 6.45) is 0. The van der Waals surface area contributed by atoms with Gasteiger partial charge in [0.25, 0.3) is 0 Å². The van der Waals surface area contributed by atoms with Gasteiger partial charge in [-0.3, -0.25) is 0 Å². The molecule has 0 aromatic carbocycles. The molecule has 0 aromatic rings. The number of carboxylic acids is 1. The van der Waals surface area contributed by atoms with Crippen molar-refractivity contribution in [2.45, 2.75) is 17.8 Å². The van der Waals surface area contributed by atoms with Gasteiger partial charge in [-0.15, -0.1) is 0 Å². The van der Waals surface area contributed by atoms with Gasteiger partial charge in [0.15, 0.2) is 6.67 Å². The minimum atomic E-state index is -6.18. The Labute approximate surface area is 84.4 Å². The molecule has 0 aromatic heterocycles. The molecule has 1 N–H and O–H groups in total. The van der Waals surface area contributed by atoms with Gasteiger partial charge >= 0.3 is 23.7 Å². The number of hydrogen-bond acceptors (Lipinski definition) is 1. The summed E-state index contributed by atoms with van der Waals surface area (Å²) in [6, 6.07) is 0. The van der Waals surface area contributed by atoms with E-state index in [0.29, 0.717) is 0 Å². The largest absolute Gasteiger partial charge is 0.478 e. The number of rotatable bonds is 5. The van der Waals surface area contributed by atoms with E-state index in [1.807, 2.05) is 0 Å². The van der Waals surface area contributed by atoms with Crippen molar-refractivity contribution in [2.24, 2.45) is 0 Å². The predicted molar refractivity (Wildman–Crippen MR) is 37.6 cm³/mol. The van der Waals surface area contributed by atoms with Crippen molar-refractivity contribution in [2.75, 3.05) is 6.67 Å². The molecule has 0 rings (SSSR count). The minimum Gasteiger partial charge on any atom is -0.478 e. The summed E-state index contributed by atoms with van der Waals surface area (Å²) in [5.74, 6) is -20.2. The highest BCUT2D eigenvalue weighted by Crippen LogP contribution is 2.48. The molecular formula is C7H5F7O2. The number of aliphatic carboxylic acids is 1. The summed E-state index contributed by atoms with van der Waals surface area (Å²) in [6.45, 7) is -0.998. The lowest BCUT2D eigenvalue weighted by Gasteiger charge is -2.31. The predicted octanol–water partition coefficient (Wildman–Crippen LogP) is 2.50. The van der Waals surface area contributed by atoms with Crippen LogP contribution in [-0.4, -0.2) is 35.5 Å². The molecule has 0 radical (unpaired) electrons. The third-order valence-electron chi connectivity index (χ3n) is 1.66. The van der Waals surface area contributed by atoms with Crippen molar-refractivity contribution in [3.05, 3.63) is 12.2 Å². The second kappa shape index (κ2) is 3.95. The molecule has 0 atom stereocenters. The van der Waals surface area contributed by atoms with E-state index in [1.54, 1.807) is 0 Å². The van der Waals surface area contributed by atoms with Gasteiger partial charge in [0, 0.05) is 0 Å². The molecule has 16 heavy (non-hydrogen) atoms. The molecule has 0 heterocycles. The Morgan fingerprint density at radius 1 is 1.12 bits per heavy atom. The molecule has 94 valence electrons. The first-order valence-corrected chi connectivity index (χ1v) is 3.54. The Morgan fingerprint density at radius 2 is 1.50 bits per heavy atom. The van der Waals surface area contributed by atoms with E-state index < -0.39 is 36.0 Å². The lowest BCUT2D eigenvalue weighted by molar-refractivity contribution is -0.298. The van der Waals surface area contributed by atoms with Gasteiger partial charge < -0.3 is 5.11 Å². The zero-order valence-corrected chi connectivity index (χ0v) is 7.42. The summed E-state index contributed by atoms with van der Waals surface area (Å²) in [4.78, 5) is 9.96. The van der Waals surface area contributed by atoms with Gasteiger partial charge in [-0.05, 0) is 0 Å². The van der Waals surface area contributed by atoms with Crippen molar-refractivity contribution in [3.63, 3.8) is 0 Å². The summed E-state index contributed by atoms with van der Waals surface area (Å²) in [7, 11) is 0. The minimum absolute atomic E-state index is 2.05. The fraction of sp³-hybridized carbons (Fsp3) is 0.571. The van der Waals surface area contributed by atoms with Crippen LogP contribution in [0.2, 0.25) is 0 Å². The second-order valence-electron chi connectivity index (χ2n) is 2.77. The Balaban J connectivity index is 5.46. The number of alkyl halides is 7. The van der Waals surface area contributed by atoms with Gasteiger partial charge in [-0.1, -0.05) is 6.58 Å². The zero-order chi connectivity index (χ0) is 13.4. The Kier molecular flexibility index (Phi) is 3.63. The van der Waals surface area contributed by atoms with Crippen LogP contribution in [0.3, 0.4) is 0 Å². The molecule has 0 spiro atoms. The number of hydrogen-bond donors (Lipinski definition) is 1. The highest BCUT2D eigenvalue weighted by Gasteiger charge is 2.73. The zero-order valence-electron chi connectivity index (χ0n) is 7.42. The third-order valence-corrected chi connectivity index (χ3v) is 1.66. The van der Waals surface area contributed by atoms with Crippen LogP contribution >= 0.6 is 0 Å². The molecule has 0 aliphatic rings. The monoisotopic (exact) mass is 254 g/mol. The van der Waals surface area contributed by atoms with E-state index in [2.05, 4.69) is 6.58 Å². The van der Waals surface area contributed by atoms with Crippen LogP contribution in [0.15, 0.2) is 12.2 Å². The molecular weight excluding hydrogens is 249 g/mol.